The van der Waals surface area contributed by atoms with Crippen LogP contribution in [0.15, 0.2) is 11.6 Å². The maximum Gasteiger partial charge on any atom is 0.395 e. The summed E-state index contributed by atoms with van der Waals surface area (Å²) in [4.78, 5) is 10.4. The van der Waals surface area contributed by atoms with Crippen LogP contribution in [-0.4, -0.2) is 21.0 Å². The van der Waals surface area contributed by atoms with Crippen molar-refractivity contribution >= 4 is 40.8 Å². The summed E-state index contributed by atoms with van der Waals surface area (Å²) in [5.41, 5.74) is -0.792. The van der Waals surface area contributed by atoms with E-state index in [4.69, 9.17) is 39.9 Å². The average molecular weight is 300 g/mol. The highest BCUT2D eigenvalue weighted by atomic mass is 35.6. The number of carboxylic acids is 1. The van der Waals surface area contributed by atoms with Crippen LogP contribution in [0.4, 0.5) is 13.2 Å². The molecule has 0 heterocycles. The van der Waals surface area contributed by atoms with Gasteiger partial charge in [0.15, 0.2) is 0 Å². The quantitative estimate of drug-likeness (QED) is 0.633. The van der Waals surface area contributed by atoms with Gasteiger partial charge in [0.05, 0.1) is 5.92 Å². The molecule has 0 aromatic carbocycles. The van der Waals surface area contributed by atoms with Gasteiger partial charge in [-0.15, -0.1) is 0 Å². The Morgan fingerprint density at radius 1 is 1.38 bits per heavy atom. The predicted molar refractivity (Wildman–Crippen MR) is 55.8 cm³/mol. The molecule has 2 nitrogen and oxygen atoms in total. The minimum atomic E-state index is -4.65. The molecule has 0 spiro atoms. The second-order valence-corrected chi connectivity index (χ2v) is 5.22. The van der Waals surface area contributed by atoms with E-state index in [1.54, 1.807) is 0 Å². The molecule has 0 aromatic rings. The highest BCUT2D eigenvalue weighted by Crippen LogP contribution is 2.45. The summed E-state index contributed by atoms with van der Waals surface area (Å²) in [6.45, 7) is 1.23. The summed E-state index contributed by atoms with van der Waals surface area (Å²) in [5.74, 6) is -3.68. The Bertz CT molecular complexity index is 294. The van der Waals surface area contributed by atoms with Crippen LogP contribution in [-0.2, 0) is 4.79 Å². The molecule has 0 aliphatic carbocycles. The van der Waals surface area contributed by atoms with Crippen molar-refractivity contribution in [1.29, 1.82) is 0 Å². The van der Waals surface area contributed by atoms with Crippen LogP contribution in [0.3, 0.4) is 0 Å². The number of rotatable bonds is 3. The molecule has 8 heteroatoms. The Hall–Kier alpha value is -0.130. The number of carboxylic acid groups (broad SMARTS) is 1. The Morgan fingerprint density at radius 3 is 2.00 bits per heavy atom. The van der Waals surface area contributed by atoms with E-state index in [1.807, 2.05) is 0 Å². The normalized spacial score (nSPS) is 16.1. The van der Waals surface area contributed by atoms with Crippen molar-refractivity contribution in [2.45, 2.75) is 23.3 Å². The van der Waals surface area contributed by atoms with Crippen molar-refractivity contribution in [2.75, 3.05) is 0 Å². The van der Waals surface area contributed by atoms with E-state index in [0.717, 1.165) is 0 Å². The number of halogens is 6. The molecule has 0 rings (SSSR count). The lowest BCUT2D eigenvalue weighted by Crippen LogP contribution is -2.30. The molecule has 0 aliphatic rings. The Labute approximate surface area is 105 Å². The molecule has 0 aliphatic heterocycles. The van der Waals surface area contributed by atoms with Gasteiger partial charge in [-0.3, -0.25) is 0 Å². The summed E-state index contributed by atoms with van der Waals surface area (Å²) >= 11 is 16.0. The first-order valence-electron chi connectivity index (χ1n) is 4.08. The largest absolute Gasteiger partial charge is 0.478 e. The van der Waals surface area contributed by atoms with Crippen LogP contribution < -0.4 is 0 Å². The second-order valence-electron chi connectivity index (χ2n) is 2.94. The third kappa shape index (κ3) is 4.80. The first kappa shape index (κ1) is 15.9. The molecule has 0 radical (unpaired) electrons. The fourth-order valence-electron chi connectivity index (χ4n) is 1.14. The minimum absolute atomic E-state index is 0.286. The summed E-state index contributed by atoms with van der Waals surface area (Å²) in [5, 5.41) is 8.44. The van der Waals surface area contributed by atoms with Gasteiger partial charge in [0.25, 0.3) is 0 Å². The highest BCUT2D eigenvalue weighted by Gasteiger charge is 2.46. The molecular formula is C8H8Cl3F3O2. The fraction of sp³-hybridized carbons (Fsp3) is 0.625. The molecule has 0 aromatic heterocycles. The van der Waals surface area contributed by atoms with Crippen LogP contribution in [0, 0.1) is 5.92 Å². The topological polar surface area (TPSA) is 37.3 Å². The van der Waals surface area contributed by atoms with Crippen LogP contribution in [0.1, 0.15) is 13.3 Å². The van der Waals surface area contributed by atoms with Gasteiger partial charge in [-0.25, -0.2) is 4.79 Å². The van der Waals surface area contributed by atoms with E-state index in [2.05, 4.69) is 0 Å². The predicted octanol–water partition coefficient (Wildman–Crippen LogP) is 3.96. The first-order chi connectivity index (χ1) is 7.00. The van der Waals surface area contributed by atoms with Crippen LogP contribution in [0.25, 0.3) is 0 Å². The number of hydrogen-bond acceptors (Lipinski definition) is 1. The van der Waals surface area contributed by atoms with E-state index in [0.29, 0.717) is 0 Å². The molecule has 1 atom stereocenters. The van der Waals surface area contributed by atoms with E-state index >= 15 is 0 Å². The fourth-order valence-corrected chi connectivity index (χ4v) is 1.70. The van der Waals surface area contributed by atoms with Gasteiger partial charge in [0.2, 0.25) is 3.79 Å². The average Bonchev–Trinajstić information content (AvgIpc) is 1.98. The van der Waals surface area contributed by atoms with Crippen LogP contribution >= 0.6 is 34.8 Å². The SMILES string of the molecule is CCC(/C(=C/C(=O)O)C(Cl)(Cl)Cl)C(F)(F)F. The summed E-state index contributed by atoms with van der Waals surface area (Å²) in [6.07, 6.45) is -4.77. The Balaban J connectivity index is 5.43. The standard InChI is InChI=1S/C8H8Cl3F3O2/c1-2-4(8(12,13)14)5(3-6(15)16)7(9,10)11/h3-4H,2H2,1H3,(H,15,16)/b5-3-. The summed E-state index contributed by atoms with van der Waals surface area (Å²) < 4.78 is 35.2. The van der Waals surface area contributed by atoms with Gasteiger partial charge in [-0.2, -0.15) is 13.2 Å². The molecule has 0 saturated carbocycles. The Morgan fingerprint density at radius 2 is 1.81 bits per heavy atom. The number of hydrogen-bond donors (Lipinski definition) is 1. The number of carbonyl (C=O) groups is 1. The van der Waals surface area contributed by atoms with E-state index in [9.17, 15) is 18.0 Å². The monoisotopic (exact) mass is 298 g/mol. The summed E-state index contributed by atoms with van der Waals surface area (Å²) in [7, 11) is 0. The van der Waals surface area contributed by atoms with Gasteiger partial charge in [0, 0.05) is 6.08 Å². The van der Waals surface area contributed by atoms with Crippen molar-refractivity contribution in [3.63, 3.8) is 0 Å². The molecular weight excluding hydrogens is 291 g/mol. The Kier molecular flexibility index (Phi) is 5.42. The van der Waals surface area contributed by atoms with Gasteiger partial charge in [0.1, 0.15) is 0 Å². The molecule has 94 valence electrons. The van der Waals surface area contributed by atoms with Crippen molar-refractivity contribution < 1.29 is 23.1 Å². The second kappa shape index (κ2) is 5.47. The molecule has 0 amide bonds. The smallest absolute Gasteiger partial charge is 0.395 e. The van der Waals surface area contributed by atoms with E-state index in [1.165, 1.54) is 6.92 Å². The van der Waals surface area contributed by atoms with Gasteiger partial charge < -0.3 is 5.11 Å². The zero-order chi connectivity index (χ0) is 13.1. The molecule has 1 N–H and O–H groups in total. The first-order valence-corrected chi connectivity index (χ1v) is 5.22. The maximum atomic E-state index is 12.5. The third-order valence-corrected chi connectivity index (χ3v) is 2.44. The van der Waals surface area contributed by atoms with Gasteiger partial charge in [-0.05, 0) is 12.0 Å². The van der Waals surface area contributed by atoms with Crippen molar-refractivity contribution in [3.8, 4) is 0 Å². The van der Waals surface area contributed by atoms with Crippen molar-refractivity contribution in [2.24, 2.45) is 5.92 Å². The van der Waals surface area contributed by atoms with Gasteiger partial charge >= 0.3 is 12.1 Å². The molecule has 1 unspecified atom stereocenters. The summed E-state index contributed by atoms with van der Waals surface area (Å²) in [6, 6.07) is 0. The molecule has 16 heavy (non-hydrogen) atoms. The zero-order valence-corrected chi connectivity index (χ0v) is 10.3. The van der Waals surface area contributed by atoms with Crippen molar-refractivity contribution in [3.05, 3.63) is 11.6 Å². The van der Waals surface area contributed by atoms with Crippen LogP contribution in [0.5, 0.6) is 0 Å². The highest BCUT2D eigenvalue weighted by molar-refractivity contribution is 6.69. The maximum absolute atomic E-state index is 12.5. The van der Waals surface area contributed by atoms with E-state index in [-0.39, 0.29) is 6.08 Å². The molecule has 0 bridgehead atoms. The van der Waals surface area contributed by atoms with Crippen molar-refractivity contribution in [1.82, 2.24) is 0 Å². The zero-order valence-electron chi connectivity index (χ0n) is 7.99. The number of aliphatic carboxylic acids is 1. The van der Waals surface area contributed by atoms with Crippen LogP contribution in [0.2, 0.25) is 0 Å². The lowest BCUT2D eigenvalue weighted by atomic mass is 9.96. The lowest BCUT2D eigenvalue weighted by molar-refractivity contribution is -0.165. The molecule has 0 fully saturated rings. The number of allylic oxidation sites excluding steroid dienone is 1. The lowest BCUT2D eigenvalue weighted by Gasteiger charge is -2.26. The number of alkyl halides is 6. The third-order valence-electron chi connectivity index (χ3n) is 1.79. The van der Waals surface area contributed by atoms with Gasteiger partial charge in [-0.1, -0.05) is 41.7 Å². The molecule has 0 saturated heterocycles. The van der Waals surface area contributed by atoms with E-state index < -0.39 is 33.8 Å². The minimum Gasteiger partial charge on any atom is -0.478 e.